The third-order valence-electron chi connectivity index (χ3n) is 2.44. The predicted octanol–water partition coefficient (Wildman–Crippen LogP) is 1.21. The molecule has 17 heavy (non-hydrogen) atoms. The van der Waals surface area contributed by atoms with Crippen LogP contribution in [0.4, 0.5) is 0 Å². The summed E-state index contributed by atoms with van der Waals surface area (Å²) >= 11 is 0. The zero-order chi connectivity index (χ0) is 13.1. The lowest BCUT2D eigenvalue weighted by atomic mass is 10.2. The highest BCUT2D eigenvalue weighted by Crippen LogP contribution is 2.14. The van der Waals surface area contributed by atoms with Gasteiger partial charge in [-0.2, -0.15) is 0 Å². The maximum Gasteiger partial charge on any atom is 0.240 e. The van der Waals surface area contributed by atoms with E-state index in [1.165, 1.54) is 0 Å². The van der Waals surface area contributed by atoms with Crippen molar-refractivity contribution in [1.82, 2.24) is 4.72 Å². The van der Waals surface area contributed by atoms with Crippen LogP contribution in [0.15, 0.2) is 23.1 Å². The Bertz CT molecular complexity index is 462. The van der Waals surface area contributed by atoms with E-state index in [0.717, 1.165) is 11.1 Å². The van der Waals surface area contributed by atoms with Gasteiger partial charge >= 0.3 is 0 Å². The Labute approximate surface area is 103 Å². The van der Waals surface area contributed by atoms with E-state index >= 15 is 0 Å². The number of sulfonamides is 1. The molecule has 5 heteroatoms. The molecule has 0 spiro atoms. The van der Waals surface area contributed by atoms with E-state index in [2.05, 4.69) is 4.72 Å². The van der Waals surface area contributed by atoms with Gasteiger partial charge in [-0.25, -0.2) is 13.1 Å². The molecule has 0 radical (unpaired) electrons. The monoisotopic (exact) mass is 257 g/mol. The van der Waals surface area contributed by atoms with Gasteiger partial charge in [0.15, 0.2) is 0 Å². The van der Waals surface area contributed by atoms with E-state index in [0.29, 0.717) is 0 Å². The summed E-state index contributed by atoms with van der Waals surface area (Å²) in [6.45, 7) is 5.72. The van der Waals surface area contributed by atoms with Crippen LogP contribution >= 0.6 is 0 Å². The Morgan fingerprint density at radius 3 is 2.24 bits per heavy atom. The Morgan fingerprint density at radius 2 is 1.76 bits per heavy atom. The molecule has 1 atom stereocenters. The highest BCUT2D eigenvalue weighted by Gasteiger charge is 2.15. The minimum Gasteiger partial charge on any atom is -0.396 e. The van der Waals surface area contributed by atoms with Crippen LogP contribution in [-0.4, -0.2) is 26.7 Å². The fraction of sp³-hybridized carbons (Fsp3) is 0.500. The Balaban J connectivity index is 2.89. The van der Waals surface area contributed by atoms with Crippen molar-refractivity contribution >= 4 is 10.0 Å². The molecule has 96 valence electrons. The lowest BCUT2D eigenvalue weighted by molar-refractivity contribution is 0.238. The van der Waals surface area contributed by atoms with Gasteiger partial charge in [0.25, 0.3) is 0 Å². The third kappa shape index (κ3) is 4.11. The molecular weight excluding hydrogens is 238 g/mol. The molecule has 0 saturated heterocycles. The van der Waals surface area contributed by atoms with Gasteiger partial charge in [0, 0.05) is 13.2 Å². The molecule has 0 aliphatic heterocycles. The molecule has 1 unspecified atom stereocenters. The van der Waals surface area contributed by atoms with Crippen molar-refractivity contribution in [2.75, 3.05) is 13.2 Å². The van der Waals surface area contributed by atoms with Crippen LogP contribution in [0, 0.1) is 19.8 Å². The van der Waals surface area contributed by atoms with Crippen LogP contribution in [-0.2, 0) is 10.0 Å². The normalized spacial score (nSPS) is 13.6. The summed E-state index contributed by atoms with van der Waals surface area (Å²) in [4.78, 5) is 0.278. The fourth-order valence-corrected chi connectivity index (χ4v) is 2.84. The summed E-state index contributed by atoms with van der Waals surface area (Å²) in [5.41, 5.74) is 1.83. The summed E-state index contributed by atoms with van der Waals surface area (Å²) in [6.07, 6.45) is 0. The largest absolute Gasteiger partial charge is 0.396 e. The van der Waals surface area contributed by atoms with Gasteiger partial charge in [-0.3, -0.25) is 0 Å². The van der Waals surface area contributed by atoms with E-state index in [1.807, 2.05) is 19.9 Å². The molecule has 1 aromatic rings. The Morgan fingerprint density at radius 1 is 1.24 bits per heavy atom. The van der Waals surface area contributed by atoms with Crippen molar-refractivity contribution in [3.05, 3.63) is 29.3 Å². The summed E-state index contributed by atoms with van der Waals surface area (Å²) in [5, 5.41) is 8.86. The second-order valence-corrected chi connectivity index (χ2v) is 6.23. The topological polar surface area (TPSA) is 66.4 Å². The quantitative estimate of drug-likeness (QED) is 0.833. The van der Waals surface area contributed by atoms with Crippen LogP contribution in [0.5, 0.6) is 0 Å². The second-order valence-electron chi connectivity index (χ2n) is 4.46. The van der Waals surface area contributed by atoms with Crippen molar-refractivity contribution in [3.8, 4) is 0 Å². The molecule has 0 fully saturated rings. The van der Waals surface area contributed by atoms with E-state index < -0.39 is 10.0 Å². The van der Waals surface area contributed by atoms with E-state index in [-0.39, 0.29) is 24.0 Å². The van der Waals surface area contributed by atoms with Gasteiger partial charge in [-0.1, -0.05) is 13.0 Å². The molecule has 0 bridgehead atoms. The van der Waals surface area contributed by atoms with E-state index in [4.69, 9.17) is 5.11 Å². The molecule has 0 aromatic heterocycles. The lowest BCUT2D eigenvalue weighted by Gasteiger charge is -2.11. The molecule has 0 saturated carbocycles. The van der Waals surface area contributed by atoms with Crippen molar-refractivity contribution in [1.29, 1.82) is 0 Å². The minimum atomic E-state index is -3.47. The van der Waals surface area contributed by atoms with E-state index in [1.54, 1.807) is 19.1 Å². The summed E-state index contributed by atoms with van der Waals surface area (Å²) in [7, 11) is -3.47. The van der Waals surface area contributed by atoms with Crippen molar-refractivity contribution < 1.29 is 13.5 Å². The smallest absolute Gasteiger partial charge is 0.240 e. The third-order valence-corrected chi connectivity index (χ3v) is 3.84. The summed E-state index contributed by atoms with van der Waals surface area (Å²) in [6, 6.07) is 5.20. The molecule has 4 nitrogen and oxygen atoms in total. The number of hydrogen-bond donors (Lipinski definition) is 2. The first kappa shape index (κ1) is 14.2. The van der Waals surface area contributed by atoms with Crippen LogP contribution in [0.25, 0.3) is 0 Å². The molecule has 0 aliphatic rings. The van der Waals surface area contributed by atoms with Gasteiger partial charge in [0.2, 0.25) is 10.0 Å². The number of benzene rings is 1. The molecule has 2 N–H and O–H groups in total. The summed E-state index contributed by atoms with van der Waals surface area (Å²) in [5.74, 6) is -0.0873. The average molecular weight is 257 g/mol. The van der Waals surface area contributed by atoms with Crippen LogP contribution in [0.2, 0.25) is 0 Å². The van der Waals surface area contributed by atoms with Crippen LogP contribution < -0.4 is 4.72 Å². The predicted molar refractivity (Wildman–Crippen MR) is 67.4 cm³/mol. The molecule has 0 amide bonds. The highest BCUT2D eigenvalue weighted by molar-refractivity contribution is 7.89. The minimum absolute atomic E-state index is 0.0324. The number of aliphatic hydroxyl groups is 1. The number of rotatable bonds is 5. The Kier molecular flexibility index (Phi) is 4.68. The maximum absolute atomic E-state index is 12.0. The molecule has 0 heterocycles. The number of nitrogens with one attached hydrogen (secondary N) is 1. The maximum atomic E-state index is 12.0. The van der Waals surface area contributed by atoms with Gasteiger partial charge in [0.1, 0.15) is 0 Å². The van der Waals surface area contributed by atoms with Crippen LogP contribution in [0.3, 0.4) is 0 Å². The Hall–Kier alpha value is -0.910. The lowest BCUT2D eigenvalue weighted by Crippen LogP contribution is -2.29. The molecule has 0 aliphatic carbocycles. The number of aryl methyl sites for hydroxylation is 2. The number of aliphatic hydroxyl groups excluding tert-OH is 1. The first-order valence-electron chi connectivity index (χ1n) is 5.54. The zero-order valence-electron chi connectivity index (χ0n) is 10.4. The first-order valence-corrected chi connectivity index (χ1v) is 7.02. The zero-order valence-corrected chi connectivity index (χ0v) is 11.2. The van der Waals surface area contributed by atoms with Gasteiger partial charge in [0.05, 0.1) is 4.90 Å². The average Bonchev–Trinajstić information content (AvgIpc) is 2.24. The SMILES string of the molecule is Cc1cc(C)cc(S(=O)(=O)NCC(C)CO)c1. The van der Waals surface area contributed by atoms with Gasteiger partial charge < -0.3 is 5.11 Å². The van der Waals surface area contributed by atoms with Crippen molar-refractivity contribution in [2.24, 2.45) is 5.92 Å². The molecular formula is C12H19NO3S. The fourth-order valence-electron chi connectivity index (χ4n) is 1.49. The number of hydrogen-bond acceptors (Lipinski definition) is 3. The summed E-state index contributed by atoms with van der Waals surface area (Å²) < 4.78 is 26.4. The van der Waals surface area contributed by atoms with Crippen molar-refractivity contribution in [2.45, 2.75) is 25.7 Å². The van der Waals surface area contributed by atoms with E-state index in [9.17, 15) is 8.42 Å². The van der Waals surface area contributed by atoms with Crippen LogP contribution in [0.1, 0.15) is 18.1 Å². The van der Waals surface area contributed by atoms with Gasteiger partial charge in [-0.15, -0.1) is 0 Å². The first-order chi connectivity index (χ1) is 7.85. The van der Waals surface area contributed by atoms with Crippen molar-refractivity contribution in [3.63, 3.8) is 0 Å². The molecule has 1 rings (SSSR count). The second kappa shape index (κ2) is 5.62. The van der Waals surface area contributed by atoms with Gasteiger partial charge in [-0.05, 0) is 43.0 Å². The standard InChI is InChI=1S/C12H19NO3S/c1-9-4-10(2)6-12(5-9)17(15,16)13-7-11(3)8-14/h4-6,11,13-14H,7-8H2,1-3H3. The molecule has 1 aromatic carbocycles. The highest BCUT2D eigenvalue weighted by atomic mass is 32.2.